The van der Waals surface area contributed by atoms with Crippen LogP contribution in [0.3, 0.4) is 0 Å². The smallest absolute Gasteiger partial charge is 0.255 e. The Balaban J connectivity index is 1.70. The summed E-state index contributed by atoms with van der Waals surface area (Å²) in [6.45, 7) is 5.82. The summed E-state index contributed by atoms with van der Waals surface area (Å²) in [6.07, 6.45) is 2.10. The van der Waals surface area contributed by atoms with Gasteiger partial charge in [0.15, 0.2) is 11.4 Å². The summed E-state index contributed by atoms with van der Waals surface area (Å²) in [5.41, 5.74) is 3.05. The highest BCUT2D eigenvalue weighted by Crippen LogP contribution is 2.54. The zero-order chi connectivity index (χ0) is 28.4. The van der Waals surface area contributed by atoms with Gasteiger partial charge in [-0.15, -0.1) is 0 Å². The van der Waals surface area contributed by atoms with Crippen LogP contribution in [0.15, 0.2) is 23.0 Å². The van der Waals surface area contributed by atoms with E-state index in [-0.39, 0.29) is 42.3 Å². The molecule has 11 heteroatoms. The van der Waals surface area contributed by atoms with Crippen LogP contribution in [0.25, 0.3) is 5.76 Å². The third kappa shape index (κ3) is 3.70. The number of carbonyl (C=O) groups is 3. The highest BCUT2D eigenvalue weighted by molar-refractivity contribution is 6.24. The number of benzene rings is 1. The Bertz CT molecular complexity index is 1330. The van der Waals surface area contributed by atoms with E-state index in [9.17, 15) is 34.8 Å². The van der Waals surface area contributed by atoms with Gasteiger partial charge in [-0.3, -0.25) is 19.3 Å². The molecule has 0 radical (unpaired) electrons. The van der Waals surface area contributed by atoms with Gasteiger partial charge >= 0.3 is 0 Å². The standard InChI is InChI=1S/C28H35N3O8/c1-4-30-21-15-10-12-9-14-19(17(32)11-13(24(14)39-3)16-7-6-8-31(16)5-2)22(33)18(12)25(35)28(15,38)26(36)20(23(21)34)27(29)37/h11-12,15-16,21,30,32-33,36,38H,4-10H2,1-3H3,(H2,29,37)/t12-,15-,16-,21+,28-/m0/s1. The number of ketones is 2. The number of nitrogens with one attached hydrogen (secondary N) is 1. The highest BCUT2D eigenvalue weighted by atomic mass is 16.5. The van der Waals surface area contributed by atoms with Gasteiger partial charge in [0.1, 0.15) is 28.6 Å². The lowest BCUT2D eigenvalue weighted by Crippen LogP contribution is -2.66. The molecule has 0 bridgehead atoms. The van der Waals surface area contributed by atoms with Gasteiger partial charge in [-0.1, -0.05) is 13.8 Å². The monoisotopic (exact) mass is 541 g/mol. The molecule has 5 atom stereocenters. The summed E-state index contributed by atoms with van der Waals surface area (Å²) in [5, 5.41) is 48.1. The summed E-state index contributed by atoms with van der Waals surface area (Å²) < 4.78 is 5.85. The number of hydrogen-bond donors (Lipinski definition) is 6. The molecule has 1 aromatic rings. The Morgan fingerprint density at radius 3 is 2.59 bits per heavy atom. The van der Waals surface area contributed by atoms with Crippen molar-refractivity contribution in [2.24, 2.45) is 17.6 Å². The van der Waals surface area contributed by atoms with E-state index in [0.717, 1.165) is 31.5 Å². The maximum absolute atomic E-state index is 13.9. The van der Waals surface area contributed by atoms with Gasteiger partial charge in [0.2, 0.25) is 5.78 Å². The van der Waals surface area contributed by atoms with E-state index in [4.69, 9.17) is 10.5 Å². The van der Waals surface area contributed by atoms with E-state index in [1.807, 2.05) is 0 Å². The van der Waals surface area contributed by atoms with E-state index in [1.165, 1.54) is 7.11 Å². The minimum absolute atomic E-state index is 0.0233. The fraction of sp³-hybridized carbons (Fsp3) is 0.536. The first-order valence-electron chi connectivity index (χ1n) is 13.4. The largest absolute Gasteiger partial charge is 0.508 e. The number of hydrogen-bond acceptors (Lipinski definition) is 10. The van der Waals surface area contributed by atoms with Crippen LogP contribution >= 0.6 is 0 Å². The summed E-state index contributed by atoms with van der Waals surface area (Å²) in [5.74, 6) is -6.21. The van der Waals surface area contributed by atoms with Crippen LogP contribution in [0.4, 0.5) is 0 Å². The SMILES string of the molecule is CCN[C@H]1C(=O)C(C(N)=O)=C(O)[C@@]2(O)C(=O)C3=C(O)c4c(O)cc([C@@H]5CCCN5CC)c(OC)c4C[C@H]3C[C@@H]12. The number of aliphatic hydroxyl groups excluding tert-OH is 2. The van der Waals surface area contributed by atoms with Crippen LogP contribution in [-0.4, -0.2) is 81.2 Å². The van der Waals surface area contributed by atoms with Crippen molar-refractivity contribution in [2.75, 3.05) is 26.7 Å². The van der Waals surface area contributed by atoms with Crippen LogP contribution in [0, 0.1) is 11.8 Å². The van der Waals surface area contributed by atoms with Crippen LogP contribution in [0.5, 0.6) is 11.5 Å². The van der Waals surface area contributed by atoms with Gasteiger partial charge in [-0.05, 0) is 57.3 Å². The summed E-state index contributed by atoms with van der Waals surface area (Å²) in [6, 6.07) is 0.419. The van der Waals surface area contributed by atoms with Crippen LogP contribution in [0.1, 0.15) is 55.8 Å². The first-order valence-corrected chi connectivity index (χ1v) is 13.4. The van der Waals surface area contributed by atoms with Crippen LogP contribution < -0.4 is 15.8 Å². The van der Waals surface area contributed by atoms with E-state index in [2.05, 4.69) is 17.1 Å². The Labute approximate surface area is 225 Å². The Kier molecular flexibility index (Phi) is 6.72. The van der Waals surface area contributed by atoms with Gasteiger partial charge in [-0.25, -0.2) is 0 Å². The second-order valence-electron chi connectivity index (χ2n) is 10.7. The predicted molar refractivity (Wildman–Crippen MR) is 140 cm³/mol. The Morgan fingerprint density at radius 2 is 1.97 bits per heavy atom. The lowest BCUT2D eigenvalue weighted by molar-refractivity contribution is -0.150. The van der Waals surface area contributed by atoms with Crippen LogP contribution in [-0.2, 0) is 20.8 Å². The number of carbonyl (C=O) groups excluding carboxylic acids is 3. The molecule has 0 spiro atoms. The van der Waals surface area contributed by atoms with Gasteiger partial charge in [0.05, 0.1) is 18.7 Å². The number of ether oxygens (including phenoxy) is 1. The normalized spacial score (nSPS) is 30.8. The molecular weight excluding hydrogens is 506 g/mol. The summed E-state index contributed by atoms with van der Waals surface area (Å²) >= 11 is 0. The molecule has 3 aliphatic carbocycles. The first kappa shape index (κ1) is 27.2. The molecule has 11 nitrogen and oxygen atoms in total. The molecule has 1 saturated heterocycles. The predicted octanol–water partition coefficient (Wildman–Crippen LogP) is 1.18. The number of Topliss-reactive ketones (excluding diaryl/α,β-unsaturated/α-hetero) is 2. The van der Waals surface area contributed by atoms with Crippen molar-refractivity contribution in [3.8, 4) is 11.5 Å². The third-order valence-electron chi connectivity index (χ3n) is 8.94. The molecule has 210 valence electrons. The van der Waals surface area contributed by atoms with Crippen molar-refractivity contribution in [1.82, 2.24) is 10.2 Å². The van der Waals surface area contributed by atoms with E-state index in [1.54, 1.807) is 13.0 Å². The number of aromatic hydroxyl groups is 1. The van der Waals surface area contributed by atoms with Crippen molar-refractivity contribution in [1.29, 1.82) is 0 Å². The van der Waals surface area contributed by atoms with Gasteiger partial charge in [-0.2, -0.15) is 0 Å². The highest BCUT2D eigenvalue weighted by Gasteiger charge is 2.63. The zero-order valence-corrected chi connectivity index (χ0v) is 22.3. The second-order valence-corrected chi connectivity index (χ2v) is 10.7. The number of amides is 1. The number of nitrogens with two attached hydrogens (primary N) is 1. The average molecular weight is 542 g/mol. The number of aliphatic hydroxyl groups is 3. The van der Waals surface area contributed by atoms with Crippen molar-refractivity contribution in [2.45, 2.75) is 57.2 Å². The second kappa shape index (κ2) is 9.65. The minimum atomic E-state index is -2.66. The zero-order valence-electron chi connectivity index (χ0n) is 22.3. The van der Waals surface area contributed by atoms with E-state index < -0.39 is 58.0 Å². The molecule has 2 fully saturated rings. The molecule has 1 amide bonds. The molecule has 1 aromatic carbocycles. The van der Waals surface area contributed by atoms with Crippen molar-refractivity contribution >= 4 is 23.2 Å². The molecule has 7 N–H and O–H groups in total. The van der Waals surface area contributed by atoms with Gasteiger partial charge in [0, 0.05) is 28.7 Å². The van der Waals surface area contributed by atoms with E-state index in [0.29, 0.717) is 11.3 Å². The van der Waals surface area contributed by atoms with Crippen LogP contribution in [0.2, 0.25) is 0 Å². The molecular formula is C28H35N3O8. The molecule has 1 aliphatic heterocycles. The molecule has 1 saturated carbocycles. The Hall–Kier alpha value is -3.41. The lowest BCUT2D eigenvalue weighted by atomic mass is 9.57. The number of fused-ring (bicyclic) bond motifs is 3. The van der Waals surface area contributed by atoms with Gasteiger partial charge in [0.25, 0.3) is 5.91 Å². The number of methoxy groups -OCH3 is 1. The number of rotatable bonds is 6. The minimum Gasteiger partial charge on any atom is -0.508 e. The molecule has 39 heavy (non-hydrogen) atoms. The average Bonchev–Trinajstić information content (AvgIpc) is 3.37. The van der Waals surface area contributed by atoms with Gasteiger partial charge < -0.3 is 36.2 Å². The fourth-order valence-electron chi connectivity index (χ4n) is 7.25. The maximum atomic E-state index is 13.9. The molecule has 0 aromatic heterocycles. The topological polar surface area (TPSA) is 183 Å². The molecule has 0 unspecified atom stereocenters. The van der Waals surface area contributed by atoms with Crippen molar-refractivity contribution in [3.63, 3.8) is 0 Å². The number of nitrogens with zero attached hydrogens (tertiary/aromatic N) is 1. The summed E-state index contributed by atoms with van der Waals surface area (Å²) in [4.78, 5) is 41.5. The third-order valence-corrected chi connectivity index (χ3v) is 8.94. The number of phenols is 1. The molecule has 1 heterocycles. The van der Waals surface area contributed by atoms with Crippen molar-refractivity contribution < 1.29 is 39.5 Å². The quantitative estimate of drug-likeness (QED) is 0.286. The fourth-order valence-corrected chi connectivity index (χ4v) is 7.25. The van der Waals surface area contributed by atoms with Crippen molar-refractivity contribution in [3.05, 3.63) is 39.7 Å². The summed E-state index contributed by atoms with van der Waals surface area (Å²) in [7, 11) is 1.53. The number of primary amides is 1. The van der Waals surface area contributed by atoms with E-state index >= 15 is 0 Å². The maximum Gasteiger partial charge on any atom is 0.255 e. The number of likely N-dealkylation sites (N-methyl/N-ethyl adjacent to an activating group) is 1. The molecule has 5 rings (SSSR count). The number of likely N-dealkylation sites (tertiary alicyclic amines) is 1. The Morgan fingerprint density at radius 1 is 1.26 bits per heavy atom. The molecule has 4 aliphatic rings. The number of phenolic OH excluding ortho intramolecular Hbond substituents is 1. The lowest BCUT2D eigenvalue weighted by Gasteiger charge is -2.49. The first-order chi connectivity index (χ1) is 18.5.